The summed E-state index contributed by atoms with van der Waals surface area (Å²) in [6, 6.07) is 17.0. The maximum Gasteiger partial charge on any atom is 0.264 e. The Morgan fingerprint density at radius 1 is 0.903 bits per heavy atom. The van der Waals surface area contributed by atoms with E-state index in [0.717, 1.165) is 16.8 Å². The lowest BCUT2D eigenvalue weighted by atomic mass is 10.1. The van der Waals surface area contributed by atoms with E-state index in [1.54, 1.807) is 37.3 Å². The van der Waals surface area contributed by atoms with Crippen molar-refractivity contribution >= 4 is 27.3 Å². The lowest BCUT2D eigenvalue weighted by Crippen LogP contribution is -2.27. The average Bonchev–Trinajstić information content (AvgIpc) is 2.75. The largest absolute Gasteiger partial charge is 0.497 e. The van der Waals surface area contributed by atoms with Gasteiger partial charge in [0.05, 0.1) is 17.7 Å². The van der Waals surface area contributed by atoms with Gasteiger partial charge in [-0.15, -0.1) is 0 Å². The summed E-state index contributed by atoms with van der Waals surface area (Å²) in [5, 5.41) is 2.95. The van der Waals surface area contributed by atoms with E-state index in [-0.39, 0.29) is 10.8 Å². The van der Waals surface area contributed by atoms with Gasteiger partial charge in [0.1, 0.15) is 5.75 Å². The number of nitrogens with zero attached hydrogens (tertiary/aromatic N) is 1. The number of carbonyl (C=O) groups is 1. The molecule has 6 nitrogen and oxygen atoms in total. The number of carbonyl (C=O) groups excluding carboxylic acids is 1. The summed E-state index contributed by atoms with van der Waals surface area (Å²) < 4.78 is 32.4. The zero-order valence-electron chi connectivity index (χ0n) is 18.3. The average molecular weight is 439 g/mol. The van der Waals surface area contributed by atoms with E-state index in [2.05, 4.69) is 5.32 Å². The first-order valence-electron chi connectivity index (χ1n) is 9.76. The van der Waals surface area contributed by atoms with Crippen LogP contribution >= 0.6 is 0 Å². The molecule has 0 aromatic heterocycles. The number of anilines is 2. The van der Waals surface area contributed by atoms with E-state index in [1.807, 2.05) is 32.0 Å². The number of aryl methyl sites for hydroxylation is 3. The van der Waals surface area contributed by atoms with Gasteiger partial charge in [-0.3, -0.25) is 9.10 Å². The molecule has 7 heteroatoms. The molecule has 0 radical (unpaired) electrons. The van der Waals surface area contributed by atoms with Crippen molar-refractivity contribution < 1.29 is 17.9 Å². The highest BCUT2D eigenvalue weighted by Crippen LogP contribution is 2.28. The third-order valence-electron chi connectivity index (χ3n) is 5.24. The molecule has 3 aromatic rings. The van der Waals surface area contributed by atoms with Crippen LogP contribution in [0.25, 0.3) is 0 Å². The van der Waals surface area contributed by atoms with Gasteiger partial charge in [0.2, 0.25) is 0 Å². The normalized spacial score (nSPS) is 11.1. The molecule has 0 saturated heterocycles. The maximum absolute atomic E-state index is 13.0. The molecule has 3 aromatic carbocycles. The number of ether oxygens (including phenoxy) is 1. The van der Waals surface area contributed by atoms with Gasteiger partial charge in [0.25, 0.3) is 15.9 Å². The molecule has 0 saturated carbocycles. The summed E-state index contributed by atoms with van der Waals surface area (Å²) in [6.07, 6.45) is 0. The number of para-hydroxylation sites is 1. The van der Waals surface area contributed by atoms with Crippen LogP contribution in [0.2, 0.25) is 0 Å². The minimum Gasteiger partial charge on any atom is -0.497 e. The van der Waals surface area contributed by atoms with Gasteiger partial charge in [-0.05, 0) is 79.9 Å². The number of methoxy groups -OCH3 is 1. The van der Waals surface area contributed by atoms with Crippen molar-refractivity contribution in [2.75, 3.05) is 23.8 Å². The van der Waals surface area contributed by atoms with Crippen molar-refractivity contribution in [3.8, 4) is 5.75 Å². The van der Waals surface area contributed by atoms with Crippen molar-refractivity contribution in [3.05, 3.63) is 82.9 Å². The van der Waals surface area contributed by atoms with Crippen molar-refractivity contribution in [2.45, 2.75) is 25.7 Å². The van der Waals surface area contributed by atoms with Gasteiger partial charge in [0.15, 0.2) is 0 Å². The van der Waals surface area contributed by atoms with Gasteiger partial charge in [-0.1, -0.05) is 18.2 Å². The molecule has 0 unspecified atom stereocenters. The molecule has 0 aliphatic rings. The van der Waals surface area contributed by atoms with Crippen LogP contribution in [-0.2, 0) is 10.0 Å². The monoisotopic (exact) mass is 438 g/mol. The van der Waals surface area contributed by atoms with Gasteiger partial charge in [-0.25, -0.2) is 8.42 Å². The molecular weight excluding hydrogens is 412 g/mol. The molecule has 0 spiro atoms. The van der Waals surface area contributed by atoms with Crippen molar-refractivity contribution in [2.24, 2.45) is 0 Å². The minimum atomic E-state index is -3.76. The fraction of sp³-hybridized carbons (Fsp3) is 0.208. The highest BCUT2D eigenvalue weighted by Gasteiger charge is 2.23. The molecular formula is C24H26N2O4S. The Kier molecular flexibility index (Phi) is 6.36. The Hall–Kier alpha value is -3.32. The third kappa shape index (κ3) is 4.56. The smallest absolute Gasteiger partial charge is 0.264 e. The standard InChI is InChI=1S/C24H26N2O4S/c1-16-7-6-8-17(2)23(16)25-24(27)19-9-14-22(18(3)15-19)26(4)31(28,29)21-12-10-20(30-5)11-13-21/h6-15H,1-5H3,(H,25,27). The van der Waals surface area contributed by atoms with E-state index >= 15 is 0 Å². The first-order valence-corrected chi connectivity index (χ1v) is 11.2. The van der Waals surface area contributed by atoms with Crippen LogP contribution in [0.1, 0.15) is 27.0 Å². The zero-order valence-corrected chi connectivity index (χ0v) is 19.1. The topological polar surface area (TPSA) is 75.7 Å². The number of rotatable bonds is 6. The quantitative estimate of drug-likeness (QED) is 0.605. The second-order valence-electron chi connectivity index (χ2n) is 7.37. The van der Waals surface area contributed by atoms with E-state index < -0.39 is 10.0 Å². The van der Waals surface area contributed by atoms with Gasteiger partial charge < -0.3 is 10.1 Å². The number of amides is 1. The van der Waals surface area contributed by atoms with Crippen LogP contribution in [0.4, 0.5) is 11.4 Å². The number of benzene rings is 3. The summed E-state index contributed by atoms with van der Waals surface area (Å²) >= 11 is 0. The summed E-state index contributed by atoms with van der Waals surface area (Å²) in [4.78, 5) is 12.9. The highest BCUT2D eigenvalue weighted by molar-refractivity contribution is 7.92. The van der Waals surface area contributed by atoms with Crippen molar-refractivity contribution in [1.29, 1.82) is 0 Å². The maximum atomic E-state index is 13.0. The van der Waals surface area contributed by atoms with Crippen molar-refractivity contribution in [1.82, 2.24) is 0 Å². The molecule has 1 N–H and O–H groups in total. The first-order chi connectivity index (χ1) is 14.6. The molecule has 0 aliphatic carbocycles. The number of hydrogen-bond donors (Lipinski definition) is 1. The Labute approximate surface area is 183 Å². The summed E-state index contributed by atoms with van der Waals surface area (Å²) in [5.74, 6) is 0.338. The minimum absolute atomic E-state index is 0.159. The second-order valence-corrected chi connectivity index (χ2v) is 9.34. The molecule has 31 heavy (non-hydrogen) atoms. The Morgan fingerprint density at radius 2 is 1.52 bits per heavy atom. The third-order valence-corrected chi connectivity index (χ3v) is 7.02. The zero-order chi connectivity index (χ0) is 22.8. The summed E-state index contributed by atoms with van der Waals surface area (Å²) in [7, 11) is -0.732. The number of nitrogens with one attached hydrogen (secondary N) is 1. The van der Waals surface area contributed by atoms with Crippen LogP contribution < -0.4 is 14.4 Å². The van der Waals surface area contributed by atoms with Crippen LogP contribution in [0.5, 0.6) is 5.75 Å². The van der Waals surface area contributed by atoms with E-state index in [1.165, 1.54) is 30.6 Å². The molecule has 0 atom stereocenters. The van der Waals surface area contributed by atoms with Crippen LogP contribution in [0, 0.1) is 20.8 Å². The molecule has 0 aliphatic heterocycles. The van der Waals surface area contributed by atoms with E-state index in [0.29, 0.717) is 22.6 Å². The Morgan fingerprint density at radius 3 is 2.06 bits per heavy atom. The molecule has 0 bridgehead atoms. The number of sulfonamides is 1. The molecule has 1 amide bonds. The van der Waals surface area contributed by atoms with Crippen LogP contribution in [0.3, 0.4) is 0 Å². The van der Waals surface area contributed by atoms with Gasteiger partial charge in [0, 0.05) is 18.3 Å². The Balaban J connectivity index is 1.86. The highest BCUT2D eigenvalue weighted by atomic mass is 32.2. The van der Waals surface area contributed by atoms with E-state index in [4.69, 9.17) is 4.74 Å². The first kappa shape index (κ1) is 22.4. The predicted molar refractivity (Wildman–Crippen MR) is 124 cm³/mol. The lowest BCUT2D eigenvalue weighted by molar-refractivity contribution is 0.102. The predicted octanol–water partition coefficient (Wildman–Crippen LogP) is 4.70. The van der Waals surface area contributed by atoms with Crippen LogP contribution in [-0.4, -0.2) is 28.5 Å². The van der Waals surface area contributed by atoms with Gasteiger partial charge in [-0.2, -0.15) is 0 Å². The summed E-state index contributed by atoms with van der Waals surface area (Å²) in [6.45, 7) is 5.66. The van der Waals surface area contributed by atoms with Crippen molar-refractivity contribution in [3.63, 3.8) is 0 Å². The number of hydrogen-bond acceptors (Lipinski definition) is 4. The summed E-state index contributed by atoms with van der Waals surface area (Å²) in [5.41, 5.74) is 4.37. The molecule has 3 rings (SSSR count). The fourth-order valence-corrected chi connectivity index (χ4v) is 4.64. The lowest BCUT2D eigenvalue weighted by Gasteiger charge is -2.22. The molecule has 0 heterocycles. The molecule has 0 fully saturated rings. The van der Waals surface area contributed by atoms with Gasteiger partial charge >= 0.3 is 0 Å². The van der Waals surface area contributed by atoms with Crippen LogP contribution in [0.15, 0.2) is 65.6 Å². The Bertz CT molecular complexity index is 1200. The SMILES string of the molecule is COc1ccc(S(=O)(=O)N(C)c2ccc(C(=O)Nc3c(C)cccc3C)cc2C)cc1. The fourth-order valence-electron chi connectivity index (χ4n) is 3.38. The second kappa shape index (κ2) is 8.81. The molecule has 162 valence electrons. The van der Waals surface area contributed by atoms with E-state index in [9.17, 15) is 13.2 Å².